The Morgan fingerprint density at radius 1 is 1.29 bits per heavy atom. The van der Waals surface area contributed by atoms with Crippen molar-refractivity contribution < 1.29 is 9.52 Å². The molecule has 17 heavy (non-hydrogen) atoms. The first kappa shape index (κ1) is 12.4. The van der Waals surface area contributed by atoms with Crippen LogP contribution < -0.4 is 5.32 Å². The normalized spacial score (nSPS) is 12.4. The van der Waals surface area contributed by atoms with Gasteiger partial charge < -0.3 is 14.8 Å². The van der Waals surface area contributed by atoms with Crippen LogP contribution in [0.4, 0.5) is 5.69 Å². The van der Waals surface area contributed by atoms with Gasteiger partial charge in [0, 0.05) is 11.3 Å². The summed E-state index contributed by atoms with van der Waals surface area (Å²) in [6.07, 6.45) is -0.476. The Kier molecular flexibility index (Phi) is 4.06. The molecule has 1 aromatic carbocycles. The van der Waals surface area contributed by atoms with E-state index < -0.39 is 6.10 Å². The predicted octanol–water partition coefficient (Wildman–Crippen LogP) is 3.55. The molecule has 0 saturated carbocycles. The molecule has 0 bridgehead atoms. The summed E-state index contributed by atoms with van der Waals surface area (Å²) in [5.41, 5.74) is 1.84. The second-order valence-electron chi connectivity index (χ2n) is 3.82. The number of aliphatic hydroxyl groups is 1. The molecule has 0 spiro atoms. The zero-order valence-electron chi connectivity index (χ0n) is 9.48. The number of nitrogens with one attached hydrogen (secondary N) is 1. The second kappa shape index (κ2) is 5.55. The average Bonchev–Trinajstić information content (AvgIpc) is 2.73. The number of halogens is 1. The largest absolute Gasteiger partial charge is 0.454 e. The lowest BCUT2D eigenvalue weighted by Gasteiger charge is -2.12. The van der Waals surface area contributed by atoms with Gasteiger partial charge in [0.2, 0.25) is 0 Å². The lowest BCUT2D eigenvalue weighted by atomic mass is 10.1. The summed E-state index contributed by atoms with van der Waals surface area (Å²) in [5, 5.41) is 12.9. The van der Waals surface area contributed by atoms with Crippen LogP contribution in [0.1, 0.15) is 24.4 Å². The van der Waals surface area contributed by atoms with Crippen LogP contribution in [-0.4, -0.2) is 5.11 Å². The summed E-state index contributed by atoms with van der Waals surface area (Å²) in [5.74, 6) is 0.884. The van der Waals surface area contributed by atoms with Gasteiger partial charge in [-0.15, -0.1) is 0 Å². The Bertz CT molecular complexity index is 494. The van der Waals surface area contributed by atoms with Crippen molar-refractivity contribution >= 4 is 28.3 Å². The molecule has 0 aliphatic rings. The molecule has 0 aliphatic heterocycles. The first-order chi connectivity index (χ1) is 8.16. The average molecular weight is 343 g/mol. The lowest BCUT2D eigenvalue weighted by molar-refractivity contribution is 0.200. The van der Waals surface area contributed by atoms with Crippen LogP contribution >= 0.6 is 22.6 Å². The highest BCUT2D eigenvalue weighted by Gasteiger charge is 2.07. The number of benzene rings is 1. The molecule has 0 amide bonds. The number of rotatable bonds is 4. The van der Waals surface area contributed by atoms with Crippen molar-refractivity contribution in [2.24, 2.45) is 0 Å². The van der Waals surface area contributed by atoms with Crippen LogP contribution in [0.25, 0.3) is 0 Å². The van der Waals surface area contributed by atoms with E-state index in [1.165, 1.54) is 0 Å². The highest BCUT2D eigenvalue weighted by Crippen LogP contribution is 2.23. The van der Waals surface area contributed by atoms with E-state index in [2.05, 4.69) is 27.9 Å². The van der Waals surface area contributed by atoms with Crippen molar-refractivity contribution in [2.45, 2.75) is 19.6 Å². The molecule has 1 aromatic heterocycles. The van der Waals surface area contributed by atoms with E-state index in [1.54, 1.807) is 6.92 Å². The van der Waals surface area contributed by atoms with Gasteiger partial charge in [-0.3, -0.25) is 0 Å². The molecule has 2 aromatic rings. The van der Waals surface area contributed by atoms with Crippen molar-refractivity contribution in [3.8, 4) is 0 Å². The van der Waals surface area contributed by atoms with Gasteiger partial charge in [0.15, 0.2) is 3.77 Å². The zero-order valence-corrected chi connectivity index (χ0v) is 11.6. The fraction of sp³-hybridized carbons (Fsp3) is 0.231. The molecular weight excluding hydrogens is 329 g/mol. The molecule has 2 N–H and O–H groups in total. The molecule has 0 aliphatic carbocycles. The van der Waals surface area contributed by atoms with E-state index in [9.17, 15) is 5.11 Å². The maximum Gasteiger partial charge on any atom is 0.164 e. The Balaban J connectivity index is 2.08. The highest BCUT2D eigenvalue weighted by atomic mass is 127. The Morgan fingerprint density at radius 2 is 2.06 bits per heavy atom. The summed E-state index contributed by atoms with van der Waals surface area (Å²) in [6, 6.07) is 11.6. The van der Waals surface area contributed by atoms with Crippen LogP contribution in [0.5, 0.6) is 0 Å². The van der Waals surface area contributed by atoms with Gasteiger partial charge in [-0.05, 0) is 47.7 Å². The van der Waals surface area contributed by atoms with Gasteiger partial charge in [-0.2, -0.15) is 0 Å². The molecule has 2 rings (SSSR count). The molecule has 3 nitrogen and oxygen atoms in total. The molecular formula is C13H14INO2. The van der Waals surface area contributed by atoms with Crippen LogP contribution in [-0.2, 0) is 6.54 Å². The van der Waals surface area contributed by atoms with Gasteiger partial charge in [0.1, 0.15) is 5.76 Å². The highest BCUT2D eigenvalue weighted by molar-refractivity contribution is 14.1. The van der Waals surface area contributed by atoms with E-state index in [1.807, 2.05) is 36.4 Å². The van der Waals surface area contributed by atoms with Gasteiger partial charge in [0.25, 0.3) is 0 Å². The summed E-state index contributed by atoms with van der Waals surface area (Å²) >= 11 is 2.14. The molecule has 4 heteroatoms. The van der Waals surface area contributed by atoms with Crippen LogP contribution in [0.2, 0.25) is 0 Å². The van der Waals surface area contributed by atoms with Gasteiger partial charge >= 0.3 is 0 Å². The van der Waals surface area contributed by atoms with Gasteiger partial charge in [-0.1, -0.05) is 18.2 Å². The molecule has 1 atom stereocenters. The van der Waals surface area contributed by atoms with E-state index in [0.29, 0.717) is 6.54 Å². The van der Waals surface area contributed by atoms with Gasteiger partial charge in [0.05, 0.1) is 12.6 Å². The maximum absolute atomic E-state index is 9.64. The van der Waals surface area contributed by atoms with Crippen molar-refractivity contribution in [3.05, 3.63) is 51.5 Å². The van der Waals surface area contributed by atoms with Crippen molar-refractivity contribution in [2.75, 3.05) is 5.32 Å². The summed E-state index contributed by atoms with van der Waals surface area (Å²) in [6.45, 7) is 2.38. The third kappa shape index (κ3) is 3.23. The summed E-state index contributed by atoms with van der Waals surface area (Å²) in [4.78, 5) is 0. The number of para-hydroxylation sites is 1. The van der Waals surface area contributed by atoms with Crippen molar-refractivity contribution in [3.63, 3.8) is 0 Å². The third-order valence-corrected chi connectivity index (χ3v) is 3.07. The van der Waals surface area contributed by atoms with E-state index in [0.717, 1.165) is 20.8 Å². The third-order valence-electron chi connectivity index (χ3n) is 2.49. The molecule has 1 unspecified atom stereocenters. The van der Waals surface area contributed by atoms with Crippen molar-refractivity contribution in [1.29, 1.82) is 0 Å². The quantitative estimate of drug-likeness (QED) is 0.835. The number of anilines is 1. The standard InChI is InChI=1S/C13H14INO2/c1-9(16)11-4-2-3-5-12(11)15-8-10-6-7-13(14)17-10/h2-7,9,15-16H,8H2,1H3. The van der Waals surface area contributed by atoms with E-state index in [4.69, 9.17) is 4.42 Å². The van der Waals surface area contributed by atoms with Crippen LogP contribution in [0.15, 0.2) is 40.8 Å². The number of hydrogen-bond acceptors (Lipinski definition) is 3. The lowest BCUT2D eigenvalue weighted by Crippen LogP contribution is -2.03. The number of hydrogen-bond donors (Lipinski definition) is 2. The van der Waals surface area contributed by atoms with E-state index in [-0.39, 0.29) is 0 Å². The summed E-state index contributed by atoms with van der Waals surface area (Å²) < 4.78 is 6.35. The van der Waals surface area contributed by atoms with E-state index >= 15 is 0 Å². The Labute approximate surface area is 114 Å². The molecule has 0 saturated heterocycles. The zero-order chi connectivity index (χ0) is 12.3. The topological polar surface area (TPSA) is 45.4 Å². The van der Waals surface area contributed by atoms with Gasteiger partial charge in [-0.25, -0.2) is 0 Å². The Hall–Kier alpha value is -1.01. The smallest absolute Gasteiger partial charge is 0.164 e. The first-order valence-corrected chi connectivity index (χ1v) is 6.50. The summed E-state index contributed by atoms with van der Waals surface area (Å²) in [7, 11) is 0. The molecule has 90 valence electrons. The number of aliphatic hydroxyl groups excluding tert-OH is 1. The molecule has 1 heterocycles. The monoisotopic (exact) mass is 343 g/mol. The minimum absolute atomic E-state index is 0.476. The van der Waals surface area contributed by atoms with Crippen LogP contribution in [0.3, 0.4) is 0 Å². The molecule has 0 fully saturated rings. The fourth-order valence-corrected chi connectivity index (χ4v) is 2.11. The maximum atomic E-state index is 9.64. The first-order valence-electron chi connectivity index (χ1n) is 5.42. The number of furan rings is 1. The minimum Gasteiger partial charge on any atom is -0.454 e. The van der Waals surface area contributed by atoms with Crippen LogP contribution in [0, 0.1) is 3.77 Å². The van der Waals surface area contributed by atoms with Crippen molar-refractivity contribution in [1.82, 2.24) is 0 Å². The molecule has 0 radical (unpaired) electrons. The second-order valence-corrected chi connectivity index (χ2v) is 4.89. The SMILES string of the molecule is CC(O)c1ccccc1NCc1ccc(I)o1. The minimum atomic E-state index is -0.476. The fourth-order valence-electron chi connectivity index (χ4n) is 1.65. The Morgan fingerprint density at radius 3 is 2.71 bits per heavy atom. The predicted molar refractivity (Wildman–Crippen MR) is 75.8 cm³/mol.